The molecule has 0 aliphatic carbocycles. The van der Waals surface area contributed by atoms with Crippen LogP contribution in [0.3, 0.4) is 0 Å². The highest BCUT2D eigenvalue weighted by atomic mass is 16.3. The van der Waals surface area contributed by atoms with Gasteiger partial charge in [0.1, 0.15) is 5.75 Å². The lowest BCUT2D eigenvalue weighted by molar-refractivity contribution is 0.175. The van der Waals surface area contributed by atoms with Crippen molar-refractivity contribution in [3.05, 3.63) is 29.8 Å². The Labute approximate surface area is 91.5 Å². The van der Waals surface area contributed by atoms with Gasteiger partial charge in [-0.15, -0.1) is 0 Å². The number of aromatic hydroxyl groups is 1. The predicted octanol–water partition coefficient (Wildman–Crippen LogP) is 2.94. The van der Waals surface area contributed by atoms with Gasteiger partial charge in [0.05, 0.1) is 0 Å². The lowest BCUT2D eigenvalue weighted by atomic mass is 10.0. The van der Waals surface area contributed by atoms with Crippen molar-refractivity contribution in [1.29, 1.82) is 0 Å². The van der Waals surface area contributed by atoms with E-state index in [4.69, 9.17) is 0 Å². The molecule has 0 bridgehead atoms. The number of hydrogen-bond donors (Lipinski definition) is 1. The Morgan fingerprint density at radius 3 is 2.27 bits per heavy atom. The first-order valence-corrected chi connectivity index (χ1v) is 5.80. The standard InChI is InChI=1S/C13H19NO/c1-11(14-9-3-2-4-10-14)12-5-7-13(15)8-6-12/h5-8,11,15H,2-4,9-10H2,1H3. The van der Waals surface area contributed by atoms with Crippen LogP contribution in [0.5, 0.6) is 5.75 Å². The molecule has 1 atom stereocenters. The summed E-state index contributed by atoms with van der Waals surface area (Å²) in [4.78, 5) is 2.52. The number of benzene rings is 1. The third-order valence-electron chi connectivity index (χ3n) is 3.31. The summed E-state index contributed by atoms with van der Waals surface area (Å²) in [5, 5.41) is 9.24. The van der Waals surface area contributed by atoms with Gasteiger partial charge >= 0.3 is 0 Å². The quantitative estimate of drug-likeness (QED) is 0.802. The topological polar surface area (TPSA) is 23.5 Å². The number of nitrogens with zero attached hydrogens (tertiary/aromatic N) is 1. The maximum absolute atomic E-state index is 9.24. The third-order valence-corrected chi connectivity index (χ3v) is 3.31. The largest absolute Gasteiger partial charge is 0.508 e. The maximum atomic E-state index is 9.24. The second-order valence-corrected chi connectivity index (χ2v) is 4.36. The molecule has 1 aromatic carbocycles. The molecule has 1 saturated heterocycles. The molecule has 0 amide bonds. The summed E-state index contributed by atoms with van der Waals surface area (Å²) in [7, 11) is 0. The summed E-state index contributed by atoms with van der Waals surface area (Å²) in [6.45, 7) is 4.67. The van der Waals surface area contributed by atoms with Gasteiger partial charge in [0, 0.05) is 6.04 Å². The van der Waals surface area contributed by atoms with Gasteiger partial charge in [0.25, 0.3) is 0 Å². The fraction of sp³-hybridized carbons (Fsp3) is 0.538. The molecule has 1 N–H and O–H groups in total. The molecule has 82 valence electrons. The Kier molecular flexibility index (Phi) is 3.27. The van der Waals surface area contributed by atoms with Gasteiger partial charge in [-0.05, 0) is 50.6 Å². The first-order valence-electron chi connectivity index (χ1n) is 5.80. The molecule has 1 aliphatic rings. The summed E-state index contributed by atoms with van der Waals surface area (Å²) in [5.74, 6) is 0.351. The summed E-state index contributed by atoms with van der Waals surface area (Å²) in [5.41, 5.74) is 1.30. The third kappa shape index (κ3) is 2.51. The summed E-state index contributed by atoms with van der Waals surface area (Å²) >= 11 is 0. The van der Waals surface area contributed by atoms with Crippen LogP contribution >= 0.6 is 0 Å². The molecule has 1 heterocycles. The number of piperidine rings is 1. The summed E-state index contributed by atoms with van der Waals surface area (Å²) < 4.78 is 0. The van der Waals surface area contributed by atoms with E-state index >= 15 is 0 Å². The first-order chi connectivity index (χ1) is 7.27. The Hall–Kier alpha value is -1.02. The highest BCUT2D eigenvalue weighted by Crippen LogP contribution is 2.25. The number of rotatable bonds is 2. The second-order valence-electron chi connectivity index (χ2n) is 4.36. The van der Waals surface area contributed by atoms with Crippen LogP contribution in [0.2, 0.25) is 0 Å². The van der Waals surface area contributed by atoms with E-state index < -0.39 is 0 Å². The van der Waals surface area contributed by atoms with E-state index in [-0.39, 0.29) is 0 Å². The van der Waals surface area contributed by atoms with Gasteiger partial charge in [-0.3, -0.25) is 4.90 Å². The van der Waals surface area contributed by atoms with Crippen LogP contribution in [0.4, 0.5) is 0 Å². The van der Waals surface area contributed by atoms with Crippen molar-refractivity contribution in [3.63, 3.8) is 0 Å². The summed E-state index contributed by atoms with van der Waals surface area (Å²) in [6, 6.07) is 8.07. The van der Waals surface area contributed by atoms with Crippen molar-refractivity contribution in [2.24, 2.45) is 0 Å². The van der Waals surface area contributed by atoms with Gasteiger partial charge < -0.3 is 5.11 Å². The normalized spacial score (nSPS) is 20.1. The lowest BCUT2D eigenvalue weighted by Crippen LogP contribution is -2.32. The van der Waals surface area contributed by atoms with Crippen molar-refractivity contribution in [2.45, 2.75) is 32.2 Å². The van der Waals surface area contributed by atoms with Crippen molar-refractivity contribution >= 4 is 0 Å². The molecule has 0 spiro atoms. The van der Waals surface area contributed by atoms with E-state index in [1.165, 1.54) is 37.9 Å². The first kappa shape index (κ1) is 10.5. The van der Waals surface area contributed by atoms with Gasteiger partial charge in [-0.1, -0.05) is 18.6 Å². The van der Waals surface area contributed by atoms with E-state index in [0.717, 1.165) is 0 Å². The van der Waals surface area contributed by atoms with E-state index in [0.29, 0.717) is 11.8 Å². The molecule has 15 heavy (non-hydrogen) atoms. The average Bonchev–Trinajstić information content (AvgIpc) is 2.30. The van der Waals surface area contributed by atoms with Crippen molar-refractivity contribution in [1.82, 2.24) is 4.90 Å². The molecule has 1 fully saturated rings. The van der Waals surface area contributed by atoms with E-state index in [9.17, 15) is 5.11 Å². The van der Waals surface area contributed by atoms with Crippen LogP contribution in [-0.2, 0) is 0 Å². The molecular weight excluding hydrogens is 186 g/mol. The Bertz CT molecular complexity index is 301. The number of likely N-dealkylation sites (tertiary alicyclic amines) is 1. The molecule has 2 heteroatoms. The molecule has 0 aromatic heterocycles. The molecule has 1 aliphatic heterocycles. The molecule has 1 unspecified atom stereocenters. The smallest absolute Gasteiger partial charge is 0.115 e. The zero-order valence-electron chi connectivity index (χ0n) is 9.32. The fourth-order valence-corrected chi connectivity index (χ4v) is 2.27. The van der Waals surface area contributed by atoms with Crippen molar-refractivity contribution in [2.75, 3.05) is 13.1 Å². The van der Waals surface area contributed by atoms with E-state index in [1.54, 1.807) is 12.1 Å². The molecule has 0 saturated carbocycles. The minimum absolute atomic E-state index is 0.351. The van der Waals surface area contributed by atoms with Crippen LogP contribution in [0.1, 0.15) is 37.8 Å². The Balaban J connectivity index is 2.05. The van der Waals surface area contributed by atoms with Crippen molar-refractivity contribution < 1.29 is 5.11 Å². The van der Waals surface area contributed by atoms with Crippen molar-refractivity contribution in [3.8, 4) is 5.75 Å². The summed E-state index contributed by atoms with van der Waals surface area (Å²) in [6.07, 6.45) is 4.02. The SMILES string of the molecule is CC(c1ccc(O)cc1)N1CCCCC1. The Morgan fingerprint density at radius 1 is 1.07 bits per heavy atom. The Morgan fingerprint density at radius 2 is 1.67 bits per heavy atom. The van der Waals surface area contributed by atoms with Crippen LogP contribution in [0.25, 0.3) is 0 Å². The zero-order chi connectivity index (χ0) is 10.7. The minimum atomic E-state index is 0.351. The lowest BCUT2D eigenvalue weighted by Gasteiger charge is -2.32. The van der Waals surface area contributed by atoms with Crippen LogP contribution in [-0.4, -0.2) is 23.1 Å². The molecule has 1 aromatic rings. The zero-order valence-corrected chi connectivity index (χ0v) is 9.32. The highest BCUT2D eigenvalue weighted by Gasteiger charge is 2.17. The van der Waals surface area contributed by atoms with Crippen LogP contribution < -0.4 is 0 Å². The molecule has 0 radical (unpaired) electrons. The van der Waals surface area contributed by atoms with Gasteiger partial charge in [0.15, 0.2) is 0 Å². The number of phenolic OH excluding ortho intramolecular Hbond substituents is 1. The number of hydrogen-bond acceptors (Lipinski definition) is 2. The highest BCUT2D eigenvalue weighted by molar-refractivity contribution is 5.27. The average molecular weight is 205 g/mol. The molecule has 2 rings (SSSR count). The van der Waals surface area contributed by atoms with Gasteiger partial charge in [0.2, 0.25) is 0 Å². The number of phenols is 1. The molecular formula is C13H19NO. The predicted molar refractivity (Wildman–Crippen MR) is 61.9 cm³/mol. The molecule has 2 nitrogen and oxygen atoms in total. The van der Waals surface area contributed by atoms with Crippen LogP contribution in [0, 0.1) is 0 Å². The van der Waals surface area contributed by atoms with E-state index in [1.807, 2.05) is 12.1 Å². The van der Waals surface area contributed by atoms with Crippen LogP contribution in [0.15, 0.2) is 24.3 Å². The van der Waals surface area contributed by atoms with Gasteiger partial charge in [-0.25, -0.2) is 0 Å². The van der Waals surface area contributed by atoms with Gasteiger partial charge in [-0.2, -0.15) is 0 Å². The second kappa shape index (κ2) is 4.67. The maximum Gasteiger partial charge on any atom is 0.115 e. The van der Waals surface area contributed by atoms with E-state index in [2.05, 4.69) is 11.8 Å². The minimum Gasteiger partial charge on any atom is -0.508 e. The fourth-order valence-electron chi connectivity index (χ4n) is 2.27. The monoisotopic (exact) mass is 205 g/mol.